The monoisotopic (exact) mass is 376 g/mol. The summed E-state index contributed by atoms with van der Waals surface area (Å²) in [6.07, 6.45) is 0.147. The number of carbonyl (C=O) groups is 1. The van der Waals surface area contributed by atoms with Crippen molar-refractivity contribution in [1.82, 2.24) is 0 Å². The molecule has 23 heavy (non-hydrogen) atoms. The Hall–Kier alpha value is -2.14. The van der Waals surface area contributed by atoms with E-state index in [1.54, 1.807) is 19.1 Å². The quantitative estimate of drug-likeness (QED) is 0.594. The zero-order valence-corrected chi connectivity index (χ0v) is 14.0. The highest BCUT2D eigenvalue weighted by molar-refractivity contribution is 9.10. The van der Waals surface area contributed by atoms with E-state index in [4.69, 9.17) is 9.15 Å². The van der Waals surface area contributed by atoms with Crippen LogP contribution in [0.1, 0.15) is 12.5 Å². The molecule has 0 radical (unpaired) electrons. The Morgan fingerprint density at radius 2 is 1.96 bits per heavy atom. The van der Waals surface area contributed by atoms with Crippen LogP contribution in [0.2, 0.25) is 0 Å². The molecule has 1 aromatic heterocycles. The maximum atomic E-state index is 13.1. The number of fused-ring (bicyclic) bond motifs is 1. The molecular weight excluding hydrogens is 363 g/mol. The first-order chi connectivity index (χ1) is 11.1. The van der Waals surface area contributed by atoms with Crippen molar-refractivity contribution in [3.63, 3.8) is 0 Å². The van der Waals surface area contributed by atoms with Crippen LogP contribution in [0.5, 0.6) is 0 Å². The maximum Gasteiger partial charge on any atom is 0.310 e. The van der Waals surface area contributed by atoms with Crippen molar-refractivity contribution in [1.29, 1.82) is 0 Å². The average Bonchev–Trinajstić information content (AvgIpc) is 2.86. The number of esters is 1. The molecule has 118 valence electrons. The van der Waals surface area contributed by atoms with Gasteiger partial charge in [0.25, 0.3) is 0 Å². The molecule has 3 nitrogen and oxygen atoms in total. The van der Waals surface area contributed by atoms with Gasteiger partial charge in [0, 0.05) is 16.5 Å². The number of benzene rings is 2. The first kappa shape index (κ1) is 15.7. The smallest absolute Gasteiger partial charge is 0.310 e. The molecule has 5 heteroatoms. The number of ether oxygens (including phenoxy) is 1. The van der Waals surface area contributed by atoms with Crippen molar-refractivity contribution in [2.45, 2.75) is 13.3 Å². The fraction of sp³-hybridized carbons (Fsp3) is 0.167. The topological polar surface area (TPSA) is 39.4 Å². The molecule has 0 unspecified atom stereocenters. The average molecular weight is 377 g/mol. The molecule has 0 aliphatic rings. The molecule has 3 aromatic rings. The van der Waals surface area contributed by atoms with Crippen LogP contribution in [0.25, 0.3) is 22.1 Å². The Bertz CT molecular complexity index is 853. The third-order valence-electron chi connectivity index (χ3n) is 3.53. The Labute approximate surface area is 141 Å². The van der Waals surface area contributed by atoms with Gasteiger partial charge in [0.2, 0.25) is 0 Å². The number of halogens is 2. The van der Waals surface area contributed by atoms with E-state index in [1.165, 1.54) is 12.1 Å². The number of carbonyl (C=O) groups excluding carboxylic acids is 1. The molecule has 0 aliphatic carbocycles. The van der Waals surface area contributed by atoms with Gasteiger partial charge in [0.15, 0.2) is 4.67 Å². The SMILES string of the molecule is CCOC(=O)Cc1cccc2c(-c3ccc(F)cc3)c(Br)oc12. The first-order valence-corrected chi connectivity index (χ1v) is 8.01. The highest BCUT2D eigenvalue weighted by Crippen LogP contribution is 2.39. The summed E-state index contributed by atoms with van der Waals surface area (Å²) in [5.74, 6) is -0.587. The Morgan fingerprint density at radius 1 is 1.22 bits per heavy atom. The zero-order valence-electron chi connectivity index (χ0n) is 12.4. The van der Waals surface area contributed by atoms with Crippen LogP contribution in [-0.4, -0.2) is 12.6 Å². The fourth-order valence-electron chi connectivity index (χ4n) is 2.54. The predicted octanol–water partition coefficient (Wildman–Crippen LogP) is 5.11. The summed E-state index contributed by atoms with van der Waals surface area (Å²) in [7, 11) is 0. The van der Waals surface area contributed by atoms with Gasteiger partial charge in [-0.2, -0.15) is 0 Å². The molecule has 0 spiro atoms. The van der Waals surface area contributed by atoms with Crippen LogP contribution in [0.15, 0.2) is 51.6 Å². The lowest BCUT2D eigenvalue weighted by atomic mass is 10.0. The molecule has 0 bridgehead atoms. The van der Waals surface area contributed by atoms with Gasteiger partial charge in [-0.1, -0.05) is 30.3 Å². The summed E-state index contributed by atoms with van der Waals surface area (Å²) in [6.45, 7) is 2.12. The van der Waals surface area contributed by atoms with Crippen molar-refractivity contribution in [3.05, 3.63) is 58.5 Å². The fourth-order valence-corrected chi connectivity index (χ4v) is 3.15. The minimum atomic E-state index is -0.296. The summed E-state index contributed by atoms with van der Waals surface area (Å²) in [6, 6.07) is 11.8. The molecule has 0 fully saturated rings. The molecule has 0 saturated heterocycles. The van der Waals surface area contributed by atoms with Crippen LogP contribution in [0, 0.1) is 5.82 Å². The zero-order chi connectivity index (χ0) is 16.4. The summed E-state index contributed by atoms with van der Waals surface area (Å²) in [4.78, 5) is 11.7. The van der Waals surface area contributed by atoms with E-state index in [2.05, 4.69) is 15.9 Å². The van der Waals surface area contributed by atoms with Crippen molar-refractivity contribution < 1.29 is 18.3 Å². The van der Waals surface area contributed by atoms with E-state index in [0.29, 0.717) is 16.9 Å². The Balaban J connectivity index is 2.09. The van der Waals surface area contributed by atoms with Crippen molar-refractivity contribution in [3.8, 4) is 11.1 Å². The van der Waals surface area contributed by atoms with Crippen molar-refractivity contribution in [2.24, 2.45) is 0 Å². The second kappa shape index (κ2) is 6.54. The standard InChI is InChI=1S/C18H14BrFO3/c1-2-22-15(21)10-12-4-3-5-14-16(18(19)23-17(12)14)11-6-8-13(20)9-7-11/h3-9H,2,10H2,1H3. The number of hydrogen-bond acceptors (Lipinski definition) is 3. The van der Waals surface area contributed by atoms with Gasteiger partial charge >= 0.3 is 5.97 Å². The summed E-state index contributed by atoms with van der Waals surface area (Å²) in [5.41, 5.74) is 3.07. The highest BCUT2D eigenvalue weighted by atomic mass is 79.9. The van der Waals surface area contributed by atoms with E-state index in [9.17, 15) is 9.18 Å². The lowest BCUT2D eigenvalue weighted by molar-refractivity contribution is -0.142. The van der Waals surface area contributed by atoms with Crippen molar-refractivity contribution >= 4 is 32.9 Å². The van der Waals surface area contributed by atoms with Crippen LogP contribution < -0.4 is 0 Å². The normalized spacial score (nSPS) is 10.9. The highest BCUT2D eigenvalue weighted by Gasteiger charge is 2.18. The number of furan rings is 1. The Kier molecular flexibility index (Phi) is 4.48. The van der Waals surface area contributed by atoms with E-state index in [0.717, 1.165) is 22.1 Å². The molecule has 0 N–H and O–H groups in total. The van der Waals surface area contributed by atoms with E-state index < -0.39 is 0 Å². The third kappa shape index (κ3) is 3.15. The summed E-state index contributed by atoms with van der Waals surface area (Å²) < 4.78 is 24.5. The van der Waals surface area contributed by atoms with Gasteiger partial charge in [-0.05, 0) is 40.5 Å². The van der Waals surface area contributed by atoms with Crippen LogP contribution in [0.4, 0.5) is 4.39 Å². The molecule has 1 heterocycles. The molecular formula is C18H14BrFO3. The summed E-state index contributed by atoms with van der Waals surface area (Å²) >= 11 is 3.42. The van der Waals surface area contributed by atoms with Gasteiger partial charge in [-0.3, -0.25) is 4.79 Å². The molecule has 0 atom stereocenters. The van der Waals surface area contributed by atoms with Crippen LogP contribution in [0.3, 0.4) is 0 Å². The first-order valence-electron chi connectivity index (χ1n) is 7.21. The molecule has 2 aromatic carbocycles. The predicted molar refractivity (Wildman–Crippen MR) is 89.6 cm³/mol. The van der Waals surface area contributed by atoms with Crippen molar-refractivity contribution in [2.75, 3.05) is 6.61 Å². The molecule has 0 amide bonds. The summed E-state index contributed by atoms with van der Waals surface area (Å²) in [5, 5.41) is 0.866. The number of hydrogen-bond donors (Lipinski definition) is 0. The number of para-hydroxylation sites is 1. The van der Waals surface area contributed by atoms with Gasteiger partial charge in [-0.15, -0.1) is 0 Å². The lowest BCUT2D eigenvalue weighted by Gasteiger charge is -2.03. The molecule has 0 aliphatic heterocycles. The van der Waals surface area contributed by atoms with E-state index in [-0.39, 0.29) is 18.2 Å². The van der Waals surface area contributed by atoms with Crippen LogP contribution in [-0.2, 0) is 16.0 Å². The third-order valence-corrected chi connectivity index (χ3v) is 4.09. The second-order valence-corrected chi connectivity index (χ2v) is 5.75. The minimum absolute atomic E-state index is 0.147. The molecule has 0 saturated carbocycles. The lowest BCUT2D eigenvalue weighted by Crippen LogP contribution is -2.07. The largest absolute Gasteiger partial charge is 0.466 e. The van der Waals surface area contributed by atoms with Gasteiger partial charge in [0.05, 0.1) is 13.0 Å². The second-order valence-electron chi connectivity index (χ2n) is 5.03. The maximum absolute atomic E-state index is 13.1. The van der Waals surface area contributed by atoms with E-state index in [1.807, 2.05) is 18.2 Å². The van der Waals surface area contributed by atoms with Gasteiger partial charge < -0.3 is 9.15 Å². The van der Waals surface area contributed by atoms with E-state index >= 15 is 0 Å². The van der Waals surface area contributed by atoms with Crippen LogP contribution >= 0.6 is 15.9 Å². The number of rotatable bonds is 4. The van der Waals surface area contributed by atoms with Gasteiger partial charge in [-0.25, -0.2) is 4.39 Å². The molecule has 3 rings (SSSR count). The minimum Gasteiger partial charge on any atom is -0.466 e. The Morgan fingerprint density at radius 3 is 2.65 bits per heavy atom. The van der Waals surface area contributed by atoms with Gasteiger partial charge in [0.1, 0.15) is 11.4 Å².